The number of hydrogen-bond acceptors (Lipinski definition) is 2. The molecule has 3 rings (SSSR count). The summed E-state index contributed by atoms with van der Waals surface area (Å²) in [4.78, 5) is 0. The lowest BCUT2D eigenvalue weighted by molar-refractivity contribution is 0.254. The molecule has 0 aromatic heterocycles. The minimum Gasteiger partial charge on any atom is -0.490 e. The largest absolute Gasteiger partial charge is 0.490 e. The fraction of sp³-hybridized carbons (Fsp3) is 0.250. The molecule has 0 spiro atoms. The van der Waals surface area contributed by atoms with Crippen molar-refractivity contribution in [1.29, 1.82) is 0 Å². The Bertz CT molecular complexity index is 560. The third-order valence-electron chi connectivity index (χ3n) is 3.42. The summed E-state index contributed by atoms with van der Waals surface area (Å²) in [6.07, 6.45) is 1.30. The third-order valence-corrected chi connectivity index (χ3v) is 3.42. The first-order valence-electron chi connectivity index (χ1n) is 6.35. The van der Waals surface area contributed by atoms with Crippen LogP contribution >= 0.6 is 0 Å². The van der Waals surface area contributed by atoms with Gasteiger partial charge in [-0.1, -0.05) is 30.3 Å². The van der Waals surface area contributed by atoms with Crippen LogP contribution in [0.15, 0.2) is 42.5 Å². The van der Waals surface area contributed by atoms with E-state index in [2.05, 4.69) is 49.4 Å². The first-order valence-corrected chi connectivity index (χ1v) is 6.35. The summed E-state index contributed by atoms with van der Waals surface area (Å²) in [7, 11) is 0. The molecule has 2 aromatic rings. The highest BCUT2D eigenvalue weighted by atomic mass is 16.5. The maximum absolute atomic E-state index is 5.72. The molecular formula is C16H17NO. The molecule has 1 heterocycles. The van der Waals surface area contributed by atoms with E-state index in [9.17, 15) is 0 Å². The van der Waals surface area contributed by atoms with Crippen molar-refractivity contribution in [3.8, 4) is 16.9 Å². The summed E-state index contributed by atoms with van der Waals surface area (Å²) in [5, 5.41) is 0. The molecule has 0 saturated heterocycles. The Morgan fingerprint density at radius 2 is 1.83 bits per heavy atom. The standard InChI is InChI=1S/C16H17NO/c1-11-8-15-9-14(6-7-16(15)18-11)13-4-2-12(10-17)3-5-13/h2-7,9,11H,8,10,17H2,1H3/t11-/m0/s1. The topological polar surface area (TPSA) is 35.2 Å². The van der Waals surface area contributed by atoms with Crippen LogP contribution in [0.4, 0.5) is 0 Å². The van der Waals surface area contributed by atoms with Crippen molar-refractivity contribution in [1.82, 2.24) is 0 Å². The zero-order valence-electron chi connectivity index (χ0n) is 10.5. The molecule has 2 heteroatoms. The van der Waals surface area contributed by atoms with Crippen molar-refractivity contribution in [2.24, 2.45) is 5.73 Å². The number of hydrogen-bond donors (Lipinski definition) is 1. The van der Waals surface area contributed by atoms with Gasteiger partial charge in [0.2, 0.25) is 0 Å². The SMILES string of the molecule is C[C@H]1Cc2cc(-c3ccc(CN)cc3)ccc2O1. The van der Waals surface area contributed by atoms with E-state index >= 15 is 0 Å². The summed E-state index contributed by atoms with van der Waals surface area (Å²) in [5.41, 5.74) is 10.6. The average Bonchev–Trinajstić information content (AvgIpc) is 2.78. The Labute approximate surface area is 107 Å². The van der Waals surface area contributed by atoms with Crippen LogP contribution in [0.2, 0.25) is 0 Å². The number of fused-ring (bicyclic) bond motifs is 1. The predicted octanol–water partition coefficient (Wildman–Crippen LogP) is 3.14. The van der Waals surface area contributed by atoms with Crippen LogP contribution in [0.3, 0.4) is 0 Å². The van der Waals surface area contributed by atoms with E-state index < -0.39 is 0 Å². The molecule has 0 radical (unpaired) electrons. The van der Waals surface area contributed by atoms with Gasteiger partial charge in [-0.05, 0) is 41.3 Å². The van der Waals surface area contributed by atoms with Crippen LogP contribution in [0.25, 0.3) is 11.1 Å². The van der Waals surface area contributed by atoms with Crippen molar-refractivity contribution in [2.45, 2.75) is 26.0 Å². The molecule has 1 aliphatic heterocycles. The summed E-state index contributed by atoms with van der Waals surface area (Å²) in [6.45, 7) is 2.70. The highest BCUT2D eigenvalue weighted by Gasteiger charge is 2.18. The van der Waals surface area contributed by atoms with Gasteiger partial charge in [0, 0.05) is 13.0 Å². The van der Waals surface area contributed by atoms with Gasteiger partial charge in [0.25, 0.3) is 0 Å². The molecular weight excluding hydrogens is 222 g/mol. The van der Waals surface area contributed by atoms with Gasteiger partial charge >= 0.3 is 0 Å². The monoisotopic (exact) mass is 239 g/mol. The summed E-state index contributed by atoms with van der Waals surface area (Å²) in [6, 6.07) is 14.9. The molecule has 2 aromatic carbocycles. The van der Waals surface area contributed by atoms with Crippen LogP contribution in [-0.4, -0.2) is 6.10 Å². The molecule has 0 aliphatic carbocycles. The van der Waals surface area contributed by atoms with Gasteiger partial charge in [-0.2, -0.15) is 0 Å². The van der Waals surface area contributed by atoms with Gasteiger partial charge in [0.1, 0.15) is 11.9 Å². The molecule has 18 heavy (non-hydrogen) atoms. The smallest absolute Gasteiger partial charge is 0.123 e. The van der Waals surface area contributed by atoms with Crippen molar-refractivity contribution in [2.75, 3.05) is 0 Å². The van der Waals surface area contributed by atoms with E-state index in [-0.39, 0.29) is 0 Å². The first kappa shape index (κ1) is 11.3. The van der Waals surface area contributed by atoms with Crippen LogP contribution < -0.4 is 10.5 Å². The highest BCUT2D eigenvalue weighted by Crippen LogP contribution is 2.32. The fourth-order valence-corrected chi connectivity index (χ4v) is 2.43. The molecule has 0 bridgehead atoms. The summed E-state index contributed by atoms with van der Waals surface area (Å²) in [5.74, 6) is 1.03. The minimum atomic E-state index is 0.301. The van der Waals surface area contributed by atoms with Crippen molar-refractivity contribution >= 4 is 0 Å². The van der Waals surface area contributed by atoms with E-state index in [1.807, 2.05) is 0 Å². The molecule has 92 valence electrons. The Balaban J connectivity index is 1.95. The fourth-order valence-electron chi connectivity index (χ4n) is 2.43. The van der Waals surface area contributed by atoms with E-state index in [0.29, 0.717) is 12.6 Å². The Morgan fingerprint density at radius 1 is 1.11 bits per heavy atom. The number of rotatable bonds is 2. The number of ether oxygens (including phenoxy) is 1. The lowest BCUT2D eigenvalue weighted by Gasteiger charge is -2.05. The van der Waals surface area contributed by atoms with Gasteiger partial charge in [-0.25, -0.2) is 0 Å². The molecule has 0 unspecified atom stereocenters. The summed E-state index contributed by atoms with van der Waals surface area (Å²) < 4.78 is 5.72. The molecule has 1 atom stereocenters. The second kappa shape index (κ2) is 4.46. The number of nitrogens with two attached hydrogens (primary N) is 1. The first-order chi connectivity index (χ1) is 8.76. The van der Waals surface area contributed by atoms with E-state index in [0.717, 1.165) is 17.7 Å². The minimum absolute atomic E-state index is 0.301. The molecule has 1 aliphatic rings. The average molecular weight is 239 g/mol. The Hall–Kier alpha value is -1.80. The Kier molecular flexibility index (Phi) is 2.80. The molecule has 0 amide bonds. The van der Waals surface area contributed by atoms with Crippen LogP contribution in [0, 0.1) is 0 Å². The maximum atomic E-state index is 5.72. The van der Waals surface area contributed by atoms with Crippen LogP contribution in [-0.2, 0) is 13.0 Å². The van der Waals surface area contributed by atoms with E-state index in [1.165, 1.54) is 16.7 Å². The predicted molar refractivity (Wildman–Crippen MR) is 73.6 cm³/mol. The second-order valence-electron chi connectivity index (χ2n) is 4.86. The lowest BCUT2D eigenvalue weighted by atomic mass is 10.0. The van der Waals surface area contributed by atoms with Gasteiger partial charge in [-0.3, -0.25) is 0 Å². The van der Waals surface area contributed by atoms with Gasteiger partial charge < -0.3 is 10.5 Å². The molecule has 0 saturated carbocycles. The maximum Gasteiger partial charge on any atom is 0.123 e. The quantitative estimate of drug-likeness (QED) is 0.873. The van der Waals surface area contributed by atoms with E-state index in [1.54, 1.807) is 0 Å². The molecule has 0 fully saturated rings. The van der Waals surface area contributed by atoms with Crippen LogP contribution in [0.1, 0.15) is 18.1 Å². The third kappa shape index (κ3) is 2.00. The van der Waals surface area contributed by atoms with Crippen LogP contribution in [0.5, 0.6) is 5.75 Å². The number of benzene rings is 2. The molecule has 2 N–H and O–H groups in total. The van der Waals surface area contributed by atoms with Gasteiger partial charge in [-0.15, -0.1) is 0 Å². The van der Waals surface area contributed by atoms with E-state index in [4.69, 9.17) is 10.5 Å². The Morgan fingerprint density at radius 3 is 2.56 bits per heavy atom. The van der Waals surface area contributed by atoms with Crippen molar-refractivity contribution < 1.29 is 4.74 Å². The zero-order valence-corrected chi connectivity index (χ0v) is 10.5. The van der Waals surface area contributed by atoms with Crippen molar-refractivity contribution in [3.63, 3.8) is 0 Å². The zero-order chi connectivity index (χ0) is 12.5. The van der Waals surface area contributed by atoms with Gasteiger partial charge in [0.15, 0.2) is 0 Å². The second-order valence-corrected chi connectivity index (χ2v) is 4.86. The lowest BCUT2D eigenvalue weighted by Crippen LogP contribution is -2.05. The van der Waals surface area contributed by atoms with Crippen molar-refractivity contribution in [3.05, 3.63) is 53.6 Å². The highest BCUT2D eigenvalue weighted by molar-refractivity contribution is 5.66. The summed E-state index contributed by atoms with van der Waals surface area (Å²) >= 11 is 0. The molecule has 2 nitrogen and oxygen atoms in total. The normalized spacial score (nSPS) is 17.3. The van der Waals surface area contributed by atoms with Gasteiger partial charge in [0.05, 0.1) is 0 Å².